The molecule has 0 saturated carbocycles. The molecule has 25 heavy (non-hydrogen) atoms. The van der Waals surface area contributed by atoms with Crippen LogP contribution in [0.25, 0.3) is 11.5 Å². The fourth-order valence-corrected chi connectivity index (χ4v) is 3.47. The second-order valence-corrected chi connectivity index (χ2v) is 7.01. The van der Waals surface area contributed by atoms with E-state index in [0.717, 1.165) is 35.6 Å². The molecule has 0 aliphatic carbocycles. The Morgan fingerprint density at radius 3 is 2.88 bits per heavy atom. The molecule has 5 nitrogen and oxygen atoms in total. The van der Waals surface area contributed by atoms with Crippen LogP contribution in [0.4, 0.5) is 0 Å². The van der Waals surface area contributed by atoms with Crippen molar-refractivity contribution in [3.63, 3.8) is 0 Å². The minimum absolute atomic E-state index is 0.127. The molecule has 0 fully saturated rings. The molecule has 0 atom stereocenters. The quantitative estimate of drug-likeness (QED) is 0.502. The number of hydrogen-bond acceptors (Lipinski definition) is 5. The van der Waals surface area contributed by atoms with E-state index in [1.165, 1.54) is 11.8 Å². The molecule has 1 aromatic carbocycles. The van der Waals surface area contributed by atoms with Crippen molar-refractivity contribution in [1.82, 2.24) is 15.0 Å². The van der Waals surface area contributed by atoms with Crippen LogP contribution >= 0.6 is 23.4 Å². The van der Waals surface area contributed by atoms with Crippen LogP contribution in [0.1, 0.15) is 30.5 Å². The van der Waals surface area contributed by atoms with Gasteiger partial charge in [-0.15, -0.1) is 0 Å². The first kappa shape index (κ1) is 17.8. The van der Waals surface area contributed by atoms with Crippen molar-refractivity contribution in [2.45, 2.75) is 37.6 Å². The molecule has 3 rings (SSSR count). The van der Waals surface area contributed by atoms with Crippen molar-refractivity contribution in [3.05, 3.63) is 62.9 Å². The topological polar surface area (TPSA) is 71.8 Å². The number of hydrogen-bond donors (Lipinski definition) is 1. The highest BCUT2D eigenvalue weighted by molar-refractivity contribution is 7.98. The number of nitrogens with one attached hydrogen (secondary N) is 1. The van der Waals surface area contributed by atoms with Crippen LogP contribution < -0.4 is 5.56 Å². The van der Waals surface area contributed by atoms with E-state index in [1.807, 2.05) is 31.2 Å². The summed E-state index contributed by atoms with van der Waals surface area (Å²) in [7, 11) is 0. The third kappa shape index (κ3) is 4.52. The standard InChI is InChI=1S/C18H18ClN3O2S/c1-3-5-14-9-16(23)22-18(20-14)25-10-15-11(2)24-17(21-15)12-6-4-7-13(19)8-12/h4,6-9H,3,5,10H2,1-2H3,(H,20,22,23). The molecule has 0 bridgehead atoms. The second-order valence-electron chi connectivity index (χ2n) is 5.61. The van der Waals surface area contributed by atoms with E-state index < -0.39 is 0 Å². The molecule has 2 heterocycles. The summed E-state index contributed by atoms with van der Waals surface area (Å²) in [4.78, 5) is 23.5. The van der Waals surface area contributed by atoms with Crippen LogP contribution in [0.2, 0.25) is 5.02 Å². The summed E-state index contributed by atoms with van der Waals surface area (Å²) in [5.74, 6) is 1.85. The van der Waals surface area contributed by atoms with Crippen molar-refractivity contribution >= 4 is 23.4 Å². The van der Waals surface area contributed by atoms with Gasteiger partial charge in [0.2, 0.25) is 5.89 Å². The monoisotopic (exact) mass is 375 g/mol. The predicted molar refractivity (Wildman–Crippen MR) is 100 cm³/mol. The minimum atomic E-state index is -0.127. The molecule has 0 unspecified atom stereocenters. The molecule has 3 aromatic rings. The van der Waals surface area contributed by atoms with Gasteiger partial charge in [0.05, 0.1) is 5.69 Å². The van der Waals surface area contributed by atoms with E-state index in [-0.39, 0.29) is 5.56 Å². The number of rotatable bonds is 6. The zero-order valence-corrected chi connectivity index (χ0v) is 15.6. The summed E-state index contributed by atoms with van der Waals surface area (Å²) in [5, 5.41) is 1.24. The minimum Gasteiger partial charge on any atom is -0.441 e. The summed E-state index contributed by atoms with van der Waals surface area (Å²) in [6.45, 7) is 3.94. The smallest absolute Gasteiger partial charge is 0.251 e. The zero-order valence-electron chi connectivity index (χ0n) is 14.0. The summed E-state index contributed by atoms with van der Waals surface area (Å²) in [6, 6.07) is 8.94. The van der Waals surface area contributed by atoms with Crippen LogP contribution in [0.15, 0.2) is 44.7 Å². The van der Waals surface area contributed by atoms with Gasteiger partial charge < -0.3 is 9.40 Å². The third-order valence-electron chi connectivity index (χ3n) is 3.59. The van der Waals surface area contributed by atoms with Gasteiger partial charge >= 0.3 is 0 Å². The number of aromatic nitrogens is 3. The number of H-pyrrole nitrogens is 1. The van der Waals surface area contributed by atoms with Gasteiger partial charge in [0, 0.05) is 28.1 Å². The highest BCUT2D eigenvalue weighted by atomic mass is 35.5. The number of benzene rings is 1. The Morgan fingerprint density at radius 2 is 2.12 bits per heavy atom. The Morgan fingerprint density at radius 1 is 1.28 bits per heavy atom. The maximum Gasteiger partial charge on any atom is 0.251 e. The van der Waals surface area contributed by atoms with Crippen molar-refractivity contribution in [1.29, 1.82) is 0 Å². The molecule has 0 amide bonds. The van der Waals surface area contributed by atoms with Crippen LogP contribution in [0.3, 0.4) is 0 Å². The fourth-order valence-electron chi connectivity index (χ4n) is 2.38. The lowest BCUT2D eigenvalue weighted by Gasteiger charge is -2.02. The van der Waals surface area contributed by atoms with Crippen molar-refractivity contribution in [2.24, 2.45) is 0 Å². The maximum absolute atomic E-state index is 11.7. The van der Waals surface area contributed by atoms with Crippen LogP contribution in [-0.4, -0.2) is 15.0 Å². The Bertz CT molecular complexity index is 936. The average Bonchev–Trinajstić information content (AvgIpc) is 2.94. The maximum atomic E-state index is 11.7. The highest BCUT2D eigenvalue weighted by Crippen LogP contribution is 2.27. The molecular formula is C18H18ClN3O2S. The van der Waals surface area contributed by atoms with E-state index in [2.05, 4.69) is 21.9 Å². The van der Waals surface area contributed by atoms with E-state index in [0.29, 0.717) is 21.8 Å². The molecule has 7 heteroatoms. The lowest BCUT2D eigenvalue weighted by atomic mass is 10.2. The van der Waals surface area contributed by atoms with Gasteiger partial charge in [-0.1, -0.05) is 42.8 Å². The van der Waals surface area contributed by atoms with Crippen LogP contribution in [0, 0.1) is 6.92 Å². The molecular weight excluding hydrogens is 358 g/mol. The number of aromatic amines is 1. The first-order valence-corrected chi connectivity index (χ1v) is 9.37. The van der Waals surface area contributed by atoms with E-state index in [1.54, 1.807) is 6.07 Å². The predicted octanol–water partition coefficient (Wildman–Crippen LogP) is 4.63. The molecule has 0 spiro atoms. The van der Waals surface area contributed by atoms with E-state index in [4.69, 9.17) is 16.0 Å². The highest BCUT2D eigenvalue weighted by Gasteiger charge is 2.13. The van der Waals surface area contributed by atoms with Gasteiger partial charge in [-0.05, 0) is 31.5 Å². The van der Waals surface area contributed by atoms with Crippen LogP contribution in [-0.2, 0) is 12.2 Å². The average molecular weight is 376 g/mol. The van der Waals surface area contributed by atoms with E-state index >= 15 is 0 Å². The zero-order chi connectivity index (χ0) is 17.8. The van der Waals surface area contributed by atoms with Crippen molar-refractivity contribution in [2.75, 3.05) is 0 Å². The fraction of sp³-hybridized carbons (Fsp3) is 0.278. The largest absolute Gasteiger partial charge is 0.441 e. The van der Waals surface area contributed by atoms with Gasteiger partial charge in [-0.3, -0.25) is 4.79 Å². The first-order valence-electron chi connectivity index (χ1n) is 8.00. The second kappa shape index (κ2) is 7.89. The van der Waals surface area contributed by atoms with Gasteiger partial charge in [0.1, 0.15) is 5.76 Å². The SMILES string of the molecule is CCCc1cc(=O)[nH]c(SCc2nc(-c3cccc(Cl)c3)oc2C)n1. The van der Waals surface area contributed by atoms with Crippen molar-refractivity contribution in [3.8, 4) is 11.5 Å². The van der Waals surface area contributed by atoms with Crippen LogP contribution in [0.5, 0.6) is 0 Å². The number of halogens is 1. The summed E-state index contributed by atoms with van der Waals surface area (Å²) >= 11 is 7.46. The molecule has 130 valence electrons. The van der Waals surface area contributed by atoms with Gasteiger partial charge in [0.25, 0.3) is 5.56 Å². The molecule has 0 aliphatic rings. The van der Waals surface area contributed by atoms with E-state index in [9.17, 15) is 4.79 Å². The Labute approximate surface area is 154 Å². The lowest BCUT2D eigenvalue weighted by molar-refractivity contribution is 0.540. The molecule has 0 radical (unpaired) electrons. The molecule has 0 aliphatic heterocycles. The van der Waals surface area contributed by atoms with Gasteiger partial charge in [0.15, 0.2) is 5.16 Å². The summed E-state index contributed by atoms with van der Waals surface area (Å²) in [5.41, 5.74) is 2.34. The van der Waals surface area contributed by atoms with Gasteiger partial charge in [-0.2, -0.15) is 0 Å². The Kier molecular flexibility index (Phi) is 5.60. The third-order valence-corrected chi connectivity index (χ3v) is 4.71. The summed E-state index contributed by atoms with van der Waals surface area (Å²) in [6.07, 6.45) is 1.74. The lowest BCUT2D eigenvalue weighted by Crippen LogP contribution is -2.10. The number of nitrogens with zero attached hydrogens (tertiary/aromatic N) is 2. The number of oxazole rings is 1. The summed E-state index contributed by atoms with van der Waals surface area (Å²) < 4.78 is 5.75. The first-order chi connectivity index (χ1) is 12.0. The number of aryl methyl sites for hydroxylation is 2. The number of thioether (sulfide) groups is 1. The van der Waals surface area contributed by atoms with Crippen molar-refractivity contribution < 1.29 is 4.42 Å². The normalized spacial score (nSPS) is 11.0. The molecule has 2 aromatic heterocycles. The molecule has 1 N–H and O–H groups in total. The van der Waals surface area contributed by atoms with Gasteiger partial charge in [-0.25, -0.2) is 9.97 Å². The Balaban J connectivity index is 1.77. The molecule has 0 saturated heterocycles. The Hall–Kier alpha value is -2.05.